The number of allylic oxidation sites excluding steroid dienone is 2. The largest absolute Gasteiger partial charge is 0.198 e. The molecule has 60 valence electrons. The van der Waals surface area contributed by atoms with E-state index < -0.39 is 0 Å². The summed E-state index contributed by atoms with van der Waals surface area (Å²) >= 11 is 1.88. The van der Waals surface area contributed by atoms with Crippen LogP contribution in [0.25, 0.3) is 0 Å². The third kappa shape index (κ3) is 2.00. The van der Waals surface area contributed by atoms with E-state index in [9.17, 15) is 0 Å². The molecule has 2 heteroatoms. The second kappa shape index (κ2) is 3.82. The number of nitriles is 1. The monoisotopic (exact) mass is 167 g/mol. The van der Waals surface area contributed by atoms with E-state index in [0.29, 0.717) is 11.7 Å². The fraction of sp³-hybridized carbons (Fsp3) is 0.667. The Kier molecular flexibility index (Phi) is 3.02. The summed E-state index contributed by atoms with van der Waals surface area (Å²) in [5.74, 6) is 0. The Bertz CT molecular complexity index is 212. The van der Waals surface area contributed by atoms with Crippen molar-refractivity contribution in [1.29, 1.82) is 5.26 Å². The van der Waals surface area contributed by atoms with Crippen molar-refractivity contribution in [2.75, 3.05) is 0 Å². The van der Waals surface area contributed by atoms with Gasteiger partial charge in [0.1, 0.15) is 0 Å². The zero-order chi connectivity index (χ0) is 8.27. The lowest BCUT2D eigenvalue weighted by Crippen LogP contribution is -1.95. The van der Waals surface area contributed by atoms with Gasteiger partial charge in [0, 0.05) is 11.7 Å². The van der Waals surface area contributed by atoms with Crippen molar-refractivity contribution < 1.29 is 0 Å². The SMILES string of the molecule is CCC1=C(C)SC(CC#N)C1. The molecule has 1 aliphatic rings. The van der Waals surface area contributed by atoms with Crippen LogP contribution in [0.4, 0.5) is 0 Å². The molecule has 0 bridgehead atoms. The molecule has 0 aromatic rings. The standard InChI is InChI=1S/C9H13NS/c1-3-8-6-9(4-5-10)11-7(8)2/h9H,3-4,6H2,1-2H3. The number of rotatable bonds is 2. The van der Waals surface area contributed by atoms with Crippen molar-refractivity contribution in [2.45, 2.75) is 38.4 Å². The molecule has 0 spiro atoms. The molecule has 1 aliphatic heterocycles. The predicted octanol–water partition coefficient (Wildman–Crippen LogP) is 3.09. The van der Waals surface area contributed by atoms with Gasteiger partial charge in [0.2, 0.25) is 0 Å². The third-order valence-electron chi connectivity index (χ3n) is 2.06. The zero-order valence-corrected chi connectivity index (χ0v) is 7.87. The molecular formula is C9H13NS. The average Bonchev–Trinajstić information content (AvgIpc) is 2.32. The molecule has 1 unspecified atom stereocenters. The molecule has 0 N–H and O–H groups in total. The lowest BCUT2D eigenvalue weighted by atomic mass is 10.1. The molecule has 0 radical (unpaired) electrons. The van der Waals surface area contributed by atoms with Crippen molar-refractivity contribution in [3.05, 3.63) is 10.5 Å². The highest BCUT2D eigenvalue weighted by molar-refractivity contribution is 8.03. The predicted molar refractivity (Wildman–Crippen MR) is 49.2 cm³/mol. The van der Waals surface area contributed by atoms with E-state index in [4.69, 9.17) is 5.26 Å². The maximum Gasteiger partial charge on any atom is 0.0633 e. The average molecular weight is 167 g/mol. The molecule has 0 saturated carbocycles. The quantitative estimate of drug-likeness (QED) is 0.631. The second-order valence-electron chi connectivity index (χ2n) is 2.82. The van der Waals surface area contributed by atoms with Gasteiger partial charge in [0.25, 0.3) is 0 Å². The van der Waals surface area contributed by atoms with Crippen LogP contribution in [0.5, 0.6) is 0 Å². The molecule has 0 aliphatic carbocycles. The summed E-state index contributed by atoms with van der Waals surface area (Å²) in [4.78, 5) is 1.45. The Hall–Kier alpha value is -0.420. The van der Waals surface area contributed by atoms with Crippen LogP contribution in [0.1, 0.15) is 33.1 Å². The lowest BCUT2D eigenvalue weighted by molar-refractivity contribution is 0.844. The van der Waals surface area contributed by atoms with Gasteiger partial charge < -0.3 is 0 Å². The fourth-order valence-corrected chi connectivity index (χ4v) is 2.74. The van der Waals surface area contributed by atoms with Crippen molar-refractivity contribution in [2.24, 2.45) is 0 Å². The van der Waals surface area contributed by atoms with Crippen LogP contribution in [0.2, 0.25) is 0 Å². The van der Waals surface area contributed by atoms with Crippen LogP contribution < -0.4 is 0 Å². The van der Waals surface area contributed by atoms with Gasteiger partial charge in [-0.05, 0) is 24.7 Å². The Morgan fingerprint density at radius 2 is 2.45 bits per heavy atom. The Labute approximate surface area is 72.5 Å². The van der Waals surface area contributed by atoms with Gasteiger partial charge in [0.05, 0.1) is 6.07 Å². The van der Waals surface area contributed by atoms with Crippen LogP contribution in [-0.4, -0.2) is 5.25 Å². The van der Waals surface area contributed by atoms with E-state index in [2.05, 4.69) is 19.9 Å². The first-order valence-corrected chi connectivity index (χ1v) is 4.88. The highest BCUT2D eigenvalue weighted by atomic mass is 32.2. The minimum Gasteiger partial charge on any atom is -0.198 e. The smallest absolute Gasteiger partial charge is 0.0633 e. The van der Waals surface area contributed by atoms with E-state index in [1.807, 2.05) is 11.8 Å². The highest BCUT2D eigenvalue weighted by Gasteiger charge is 2.20. The molecule has 0 amide bonds. The van der Waals surface area contributed by atoms with Gasteiger partial charge in [-0.2, -0.15) is 5.26 Å². The Morgan fingerprint density at radius 3 is 2.91 bits per heavy atom. The number of hydrogen-bond donors (Lipinski definition) is 0. The van der Waals surface area contributed by atoms with Crippen molar-refractivity contribution in [3.8, 4) is 6.07 Å². The maximum atomic E-state index is 8.49. The first kappa shape index (κ1) is 8.67. The van der Waals surface area contributed by atoms with Gasteiger partial charge >= 0.3 is 0 Å². The summed E-state index contributed by atoms with van der Waals surface area (Å²) in [6, 6.07) is 2.23. The zero-order valence-electron chi connectivity index (χ0n) is 7.05. The Balaban J connectivity index is 2.48. The van der Waals surface area contributed by atoms with Crippen LogP contribution in [0.15, 0.2) is 10.5 Å². The molecule has 0 aromatic carbocycles. The van der Waals surface area contributed by atoms with E-state index >= 15 is 0 Å². The van der Waals surface area contributed by atoms with Crippen molar-refractivity contribution in [1.82, 2.24) is 0 Å². The van der Waals surface area contributed by atoms with Crippen LogP contribution in [-0.2, 0) is 0 Å². The van der Waals surface area contributed by atoms with E-state index in [-0.39, 0.29) is 0 Å². The van der Waals surface area contributed by atoms with Gasteiger partial charge in [0.15, 0.2) is 0 Å². The molecule has 0 aromatic heterocycles. The molecular weight excluding hydrogens is 154 g/mol. The van der Waals surface area contributed by atoms with Crippen LogP contribution >= 0.6 is 11.8 Å². The van der Waals surface area contributed by atoms with Gasteiger partial charge in [-0.15, -0.1) is 11.8 Å². The lowest BCUT2D eigenvalue weighted by Gasteiger charge is -2.01. The molecule has 1 heterocycles. The summed E-state index contributed by atoms with van der Waals surface area (Å²) in [6.45, 7) is 4.36. The van der Waals surface area contributed by atoms with Crippen molar-refractivity contribution >= 4 is 11.8 Å². The van der Waals surface area contributed by atoms with Crippen LogP contribution in [0, 0.1) is 11.3 Å². The number of nitrogens with zero attached hydrogens (tertiary/aromatic N) is 1. The molecule has 1 rings (SSSR count). The second-order valence-corrected chi connectivity index (χ2v) is 4.33. The first-order chi connectivity index (χ1) is 5.27. The van der Waals surface area contributed by atoms with Crippen LogP contribution in [0.3, 0.4) is 0 Å². The first-order valence-electron chi connectivity index (χ1n) is 4.00. The molecule has 1 atom stereocenters. The number of hydrogen-bond acceptors (Lipinski definition) is 2. The minimum atomic E-state index is 0.551. The summed E-state index contributed by atoms with van der Waals surface area (Å²) in [6.07, 6.45) is 2.99. The van der Waals surface area contributed by atoms with E-state index in [0.717, 1.165) is 12.8 Å². The maximum absolute atomic E-state index is 8.49. The Morgan fingerprint density at radius 1 is 1.73 bits per heavy atom. The summed E-state index contributed by atoms with van der Waals surface area (Å²) in [5.41, 5.74) is 1.55. The van der Waals surface area contributed by atoms with E-state index in [1.165, 1.54) is 4.91 Å². The topological polar surface area (TPSA) is 23.8 Å². The summed E-state index contributed by atoms with van der Waals surface area (Å²) in [5, 5.41) is 9.04. The fourth-order valence-electron chi connectivity index (χ4n) is 1.40. The summed E-state index contributed by atoms with van der Waals surface area (Å²) < 4.78 is 0. The third-order valence-corrected chi connectivity index (χ3v) is 3.37. The van der Waals surface area contributed by atoms with Gasteiger partial charge in [-0.1, -0.05) is 12.5 Å². The molecule has 0 saturated heterocycles. The van der Waals surface area contributed by atoms with Crippen molar-refractivity contribution in [3.63, 3.8) is 0 Å². The van der Waals surface area contributed by atoms with E-state index in [1.54, 1.807) is 5.57 Å². The number of thioether (sulfide) groups is 1. The molecule has 1 nitrogen and oxygen atoms in total. The minimum absolute atomic E-state index is 0.551. The van der Waals surface area contributed by atoms with Gasteiger partial charge in [-0.3, -0.25) is 0 Å². The molecule has 11 heavy (non-hydrogen) atoms. The molecule has 0 fully saturated rings. The van der Waals surface area contributed by atoms with Gasteiger partial charge in [-0.25, -0.2) is 0 Å². The summed E-state index contributed by atoms with van der Waals surface area (Å²) in [7, 11) is 0. The normalized spacial score (nSPS) is 23.9. The highest BCUT2D eigenvalue weighted by Crippen LogP contribution is 2.39.